The maximum atomic E-state index is 13.4. The van der Waals surface area contributed by atoms with Gasteiger partial charge in [0.25, 0.3) is 11.7 Å². The molecule has 0 radical (unpaired) electrons. The molecule has 2 N–H and O–H groups in total. The molecule has 0 saturated carbocycles. The number of aliphatic hydroxyl groups is 1. The number of aryl methyl sites for hydroxylation is 1. The van der Waals surface area contributed by atoms with E-state index in [4.69, 9.17) is 4.74 Å². The minimum Gasteiger partial charge on any atom is -0.507 e. The molecule has 1 unspecified atom stereocenters. The molecule has 202 valence electrons. The zero-order valence-corrected chi connectivity index (χ0v) is 22.6. The number of carbonyl (C=O) groups is 3. The van der Waals surface area contributed by atoms with Crippen LogP contribution in [0.25, 0.3) is 5.76 Å². The third kappa shape index (κ3) is 6.20. The van der Waals surface area contributed by atoms with Crippen LogP contribution in [-0.4, -0.2) is 29.3 Å². The third-order valence-corrected chi connectivity index (χ3v) is 6.74. The quantitative estimate of drug-likeness (QED) is 0.138. The Kier molecular flexibility index (Phi) is 8.81. The van der Waals surface area contributed by atoms with Gasteiger partial charge in [-0.15, -0.1) is 0 Å². The van der Waals surface area contributed by atoms with E-state index in [1.165, 1.54) is 11.8 Å². The molecule has 1 saturated heterocycles. The van der Waals surface area contributed by atoms with Crippen LogP contribution < -0.4 is 15.0 Å². The summed E-state index contributed by atoms with van der Waals surface area (Å²) in [5.41, 5.74) is 3.15. The highest BCUT2D eigenvalue weighted by atomic mass is 16.5. The summed E-state index contributed by atoms with van der Waals surface area (Å²) >= 11 is 0. The molecule has 2 amide bonds. The summed E-state index contributed by atoms with van der Waals surface area (Å²) in [4.78, 5) is 39.9. The molecule has 0 aliphatic carbocycles. The van der Waals surface area contributed by atoms with E-state index in [2.05, 4.69) is 12.2 Å². The lowest BCUT2D eigenvalue weighted by Crippen LogP contribution is -2.29. The van der Waals surface area contributed by atoms with Gasteiger partial charge < -0.3 is 15.2 Å². The second-order valence-corrected chi connectivity index (χ2v) is 9.58. The molecular weight excluding hydrogens is 492 g/mol. The van der Waals surface area contributed by atoms with E-state index >= 15 is 0 Å². The van der Waals surface area contributed by atoms with Crippen LogP contribution in [0, 0.1) is 0 Å². The largest absolute Gasteiger partial charge is 0.507 e. The number of benzene rings is 3. The number of unbranched alkanes of at least 4 members (excludes halogenated alkanes) is 2. The fraction of sp³-hybridized carbons (Fsp3) is 0.281. The summed E-state index contributed by atoms with van der Waals surface area (Å²) in [5.74, 6) is -1.36. The van der Waals surface area contributed by atoms with Crippen molar-refractivity contribution in [2.45, 2.75) is 52.5 Å². The normalized spacial score (nSPS) is 16.4. The van der Waals surface area contributed by atoms with Crippen molar-refractivity contribution in [3.8, 4) is 5.75 Å². The van der Waals surface area contributed by atoms with Crippen LogP contribution in [0.1, 0.15) is 62.8 Å². The molecule has 1 fully saturated rings. The molecule has 7 heteroatoms. The summed E-state index contributed by atoms with van der Waals surface area (Å²) in [5, 5.41) is 14.1. The number of anilines is 2. The average molecular weight is 527 g/mol. The average Bonchev–Trinajstić information content (AvgIpc) is 3.21. The van der Waals surface area contributed by atoms with Gasteiger partial charge in [0.1, 0.15) is 11.5 Å². The van der Waals surface area contributed by atoms with E-state index in [9.17, 15) is 19.5 Å². The van der Waals surface area contributed by atoms with Crippen LogP contribution in [0.4, 0.5) is 11.4 Å². The Morgan fingerprint density at radius 1 is 0.974 bits per heavy atom. The van der Waals surface area contributed by atoms with E-state index in [0.717, 1.165) is 31.2 Å². The summed E-state index contributed by atoms with van der Waals surface area (Å²) in [6, 6.07) is 20.4. The number of Topliss-reactive ketones (excluding diaryl/α,β-unsaturated/α-hetero) is 1. The van der Waals surface area contributed by atoms with Crippen LogP contribution in [0.2, 0.25) is 0 Å². The zero-order chi connectivity index (χ0) is 27.9. The summed E-state index contributed by atoms with van der Waals surface area (Å²) < 4.78 is 5.78. The first kappa shape index (κ1) is 27.6. The number of ether oxygens (including phenoxy) is 1. The molecule has 0 aromatic heterocycles. The van der Waals surface area contributed by atoms with Crippen molar-refractivity contribution in [2.24, 2.45) is 0 Å². The SMILES string of the molecule is CCCCCOc1ccc(/C(O)=C2\C(=O)C(=O)N(c3cccc(NC(C)=O)c3)C2c2ccc(CC)cc2)cc1. The summed E-state index contributed by atoms with van der Waals surface area (Å²) in [6.07, 6.45) is 3.99. The number of aliphatic hydroxyl groups excluding tert-OH is 1. The number of hydrogen-bond acceptors (Lipinski definition) is 5. The molecular formula is C32H34N2O5. The van der Waals surface area contributed by atoms with Gasteiger partial charge in [-0.3, -0.25) is 19.3 Å². The Morgan fingerprint density at radius 3 is 2.33 bits per heavy atom. The predicted octanol–water partition coefficient (Wildman–Crippen LogP) is 6.40. The van der Waals surface area contributed by atoms with Crippen molar-refractivity contribution in [1.29, 1.82) is 0 Å². The van der Waals surface area contributed by atoms with Crippen molar-refractivity contribution < 1.29 is 24.2 Å². The molecule has 4 rings (SSSR count). The molecule has 1 aliphatic heterocycles. The summed E-state index contributed by atoms with van der Waals surface area (Å²) in [7, 11) is 0. The number of ketones is 1. The number of amides is 2. The number of rotatable bonds is 10. The highest BCUT2D eigenvalue weighted by Crippen LogP contribution is 2.42. The van der Waals surface area contributed by atoms with Gasteiger partial charge in [0, 0.05) is 23.9 Å². The minimum absolute atomic E-state index is 0.00536. The van der Waals surface area contributed by atoms with E-state index < -0.39 is 17.7 Å². The van der Waals surface area contributed by atoms with E-state index in [0.29, 0.717) is 34.9 Å². The van der Waals surface area contributed by atoms with Crippen LogP contribution in [0.5, 0.6) is 5.75 Å². The fourth-order valence-electron chi connectivity index (χ4n) is 4.69. The number of carbonyl (C=O) groups excluding carboxylic acids is 3. The molecule has 39 heavy (non-hydrogen) atoms. The number of nitrogens with one attached hydrogen (secondary N) is 1. The number of nitrogens with zero attached hydrogens (tertiary/aromatic N) is 1. The van der Waals surface area contributed by atoms with Crippen molar-refractivity contribution >= 4 is 34.7 Å². The van der Waals surface area contributed by atoms with Crippen LogP contribution in [0.15, 0.2) is 78.4 Å². The molecule has 1 aliphatic rings. The van der Waals surface area contributed by atoms with E-state index in [1.54, 1.807) is 48.5 Å². The Balaban J connectivity index is 1.77. The van der Waals surface area contributed by atoms with Crippen molar-refractivity contribution in [1.82, 2.24) is 0 Å². The second-order valence-electron chi connectivity index (χ2n) is 9.58. The second kappa shape index (κ2) is 12.4. The van der Waals surface area contributed by atoms with Gasteiger partial charge in [-0.2, -0.15) is 0 Å². The Hall–Kier alpha value is -4.39. The standard InChI is InChI=1S/C32H34N2O5/c1-4-6-7-19-39-27-17-15-24(16-18-27)30(36)28-29(23-13-11-22(5-2)12-14-23)34(32(38)31(28)37)26-10-8-9-25(20-26)33-21(3)35/h8-18,20,29,36H,4-7,19H2,1-3H3,(H,33,35)/b30-28+. The van der Waals surface area contributed by atoms with Gasteiger partial charge in [-0.1, -0.05) is 57.0 Å². The lowest BCUT2D eigenvalue weighted by Gasteiger charge is -2.26. The molecule has 0 spiro atoms. The first-order chi connectivity index (χ1) is 18.8. The van der Waals surface area contributed by atoms with Crippen molar-refractivity contribution in [3.05, 3.63) is 95.1 Å². The first-order valence-corrected chi connectivity index (χ1v) is 13.3. The zero-order valence-electron chi connectivity index (χ0n) is 22.6. The molecule has 1 atom stereocenters. The van der Waals surface area contributed by atoms with Gasteiger partial charge in [0.15, 0.2) is 0 Å². The van der Waals surface area contributed by atoms with E-state index in [-0.39, 0.29) is 17.2 Å². The molecule has 0 bridgehead atoms. The lowest BCUT2D eigenvalue weighted by molar-refractivity contribution is -0.132. The monoisotopic (exact) mass is 526 g/mol. The predicted molar refractivity (Wildman–Crippen MR) is 153 cm³/mol. The van der Waals surface area contributed by atoms with Gasteiger partial charge in [-0.05, 0) is 66.4 Å². The maximum Gasteiger partial charge on any atom is 0.300 e. The number of hydrogen-bond donors (Lipinski definition) is 2. The molecule has 3 aromatic carbocycles. The topological polar surface area (TPSA) is 95.9 Å². The smallest absolute Gasteiger partial charge is 0.300 e. The maximum absolute atomic E-state index is 13.4. The fourth-order valence-corrected chi connectivity index (χ4v) is 4.69. The first-order valence-electron chi connectivity index (χ1n) is 13.3. The van der Waals surface area contributed by atoms with Crippen molar-refractivity contribution in [2.75, 3.05) is 16.8 Å². The Bertz CT molecular complexity index is 1380. The van der Waals surface area contributed by atoms with E-state index in [1.807, 2.05) is 31.2 Å². The van der Waals surface area contributed by atoms with Crippen molar-refractivity contribution in [3.63, 3.8) is 0 Å². The Labute approximate surface area is 229 Å². The molecule has 3 aromatic rings. The minimum atomic E-state index is -0.853. The van der Waals surface area contributed by atoms with Crippen LogP contribution >= 0.6 is 0 Å². The van der Waals surface area contributed by atoms with Gasteiger partial charge in [-0.25, -0.2) is 0 Å². The molecule has 7 nitrogen and oxygen atoms in total. The lowest BCUT2D eigenvalue weighted by atomic mass is 9.94. The van der Waals surface area contributed by atoms with Gasteiger partial charge in [0.05, 0.1) is 18.2 Å². The van der Waals surface area contributed by atoms with Crippen LogP contribution in [0.3, 0.4) is 0 Å². The highest BCUT2D eigenvalue weighted by Gasteiger charge is 2.47. The van der Waals surface area contributed by atoms with Gasteiger partial charge >= 0.3 is 0 Å². The summed E-state index contributed by atoms with van der Waals surface area (Å²) in [6.45, 7) is 6.18. The third-order valence-electron chi connectivity index (χ3n) is 6.74. The van der Waals surface area contributed by atoms with Gasteiger partial charge in [0.2, 0.25) is 5.91 Å². The Morgan fingerprint density at radius 2 is 1.69 bits per heavy atom. The molecule has 1 heterocycles. The highest BCUT2D eigenvalue weighted by molar-refractivity contribution is 6.51. The van der Waals surface area contributed by atoms with Crippen LogP contribution in [-0.2, 0) is 20.8 Å².